The van der Waals surface area contributed by atoms with Crippen molar-refractivity contribution in [1.82, 2.24) is 9.88 Å². The smallest absolute Gasteiger partial charge is 0.258 e. The zero-order chi connectivity index (χ0) is 27.4. The number of amides is 1. The van der Waals surface area contributed by atoms with Gasteiger partial charge in [-0.1, -0.05) is 86.6 Å². The predicted octanol–water partition coefficient (Wildman–Crippen LogP) is 7.43. The molecule has 1 aliphatic heterocycles. The Balaban J connectivity index is 0.00000151. The number of ether oxygens (including phenoxy) is 1. The summed E-state index contributed by atoms with van der Waals surface area (Å²) in [5.41, 5.74) is 3.87. The molecule has 196 valence electrons. The topological polar surface area (TPSA) is 62.7 Å². The highest BCUT2D eigenvalue weighted by Gasteiger charge is 2.37. The molecule has 0 saturated carbocycles. The van der Waals surface area contributed by atoms with Crippen LogP contribution in [-0.4, -0.2) is 20.9 Å². The monoisotopic (exact) mass is 520 g/mol. The van der Waals surface area contributed by atoms with Crippen LogP contribution in [0, 0.1) is 5.82 Å². The predicted molar refractivity (Wildman–Crippen MR) is 150 cm³/mol. The highest BCUT2D eigenvalue weighted by molar-refractivity contribution is 6.08. The average molecular weight is 521 g/mol. The quantitative estimate of drug-likeness (QED) is 0.253. The number of halogens is 1. The molecule has 5 nitrogen and oxygen atoms in total. The highest BCUT2D eigenvalue weighted by Crippen LogP contribution is 2.45. The number of benzene rings is 4. The molecule has 0 radical (unpaired) electrons. The van der Waals surface area contributed by atoms with Crippen LogP contribution in [0.2, 0.25) is 0 Å². The number of hydrogen-bond acceptors (Lipinski definition) is 4. The molecule has 0 bridgehead atoms. The third-order valence-corrected chi connectivity index (χ3v) is 6.67. The molecular formula is C33H29FN2O3. The molecule has 0 fully saturated rings. The number of phenols is 1. The van der Waals surface area contributed by atoms with E-state index in [1.807, 2.05) is 74.5 Å². The fourth-order valence-electron chi connectivity index (χ4n) is 4.87. The minimum Gasteiger partial charge on any atom is -0.507 e. The third kappa shape index (κ3) is 5.06. The first-order chi connectivity index (χ1) is 19.1. The van der Waals surface area contributed by atoms with Gasteiger partial charge in [-0.2, -0.15) is 0 Å². The molecule has 1 N–H and O–H groups in total. The normalized spacial score (nSPS) is 12.3. The lowest BCUT2D eigenvalue weighted by molar-refractivity contribution is 0.0762. The van der Waals surface area contributed by atoms with Gasteiger partial charge in [-0.25, -0.2) is 4.39 Å². The summed E-state index contributed by atoms with van der Waals surface area (Å²) < 4.78 is 20.1. The molecule has 5 aromatic rings. The Hall–Kier alpha value is -4.71. The van der Waals surface area contributed by atoms with Crippen molar-refractivity contribution in [1.29, 1.82) is 0 Å². The zero-order valence-electron chi connectivity index (χ0n) is 21.8. The second kappa shape index (κ2) is 11.4. The molecule has 6 heteroatoms. The van der Waals surface area contributed by atoms with Crippen molar-refractivity contribution in [2.75, 3.05) is 0 Å². The SMILES string of the molecule is CC.O=C1c2c(c(O)c3cccnc3c2OC(c2ccccc2)c2ccccc2)CN1Cc1ccc(F)cc1. The minimum absolute atomic E-state index is 0.0244. The molecule has 0 spiro atoms. The summed E-state index contributed by atoms with van der Waals surface area (Å²) in [5.74, 6) is -0.237. The Labute approximate surface area is 227 Å². The van der Waals surface area contributed by atoms with Crippen LogP contribution in [0.3, 0.4) is 0 Å². The van der Waals surface area contributed by atoms with Gasteiger partial charge >= 0.3 is 0 Å². The second-order valence-electron chi connectivity index (χ2n) is 9.04. The Bertz CT molecular complexity index is 1550. The van der Waals surface area contributed by atoms with Crippen LogP contribution in [0.4, 0.5) is 4.39 Å². The molecule has 1 aromatic heterocycles. The number of rotatable bonds is 6. The summed E-state index contributed by atoms with van der Waals surface area (Å²) in [5, 5.41) is 11.7. The summed E-state index contributed by atoms with van der Waals surface area (Å²) in [6.07, 6.45) is 1.12. The van der Waals surface area contributed by atoms with Crippen molar-refractivity contribution in [2.45, 2.75) is 33.0 Å². The number of fused-ring (bicyclic) bond motifs is 2. The molecule has 0 atom stereocenters. The van der Waals surface area contributed by atoms with Crippen LogP contribution in [-0.2, 0) is 13.1 Å². The number of carbonyl (C=O) groups is 1. The van der Waals surface area contributed by atoms with Crippen molar-refractivity contribution >= 4 is 16.8 Å². The van der Waals surface area contributed by atoms with Gasteiger partial charge in [0.1, 0.15) is 23.2 Å². The highest BCUT2D eigenvalue weighted by atomic mass is 19.1. The number of aromatic hydroxyl groups is 1. The van der Waals surface area contributed by atoms with Crippen molar-refractivity contribution in [2.24, 2.45) is 0 Å². The largest absolute Gasteiger partial charge is 0.507 e. The summed E-state index contributed by atoms with van der Waals surface area (Å²) in [6.45, 7) is 4.48. The van der Waals surface area contributed by atoms with Crippen LogP contribution in [0.15, 0.2) is 103 Å². The Morgan fingerprint density at radius 3 is 2.13 bits per heavy atom. The Morgan fingerprint density at radius 2 is 1.51 bits per heavy atom. The number of aromatic nitrogens is 1. The maximum Gasteiger partial charge on any atom is 0.258 e. The van der Waals surface area contributed by atoms with Crippen LogP contribution >= 0.6 is 0 Å². The van der Waals surface area contributed by atoms with E-state index in [4.69, 9.17) is 4.74 Å². The van der Waals surface area contributed by atoms with Gasteiger partial charge in [0.15, 0.2) is 5.75 Å². The first-order valence-electron chi connectivity index (χ1n) is 13.0. The lowest BCUT2D eigenvalue weighted by Crippen LogP contribution is -2.23. The van der Waals surface area contributed by atoms with Crippen LogP contribution in [0.5, 0.6) is 11.5 Å². The molecule has 0 unspecified atom stereocenters. The lowest BCUT2D eigenvalue weighted by atomic mass is 9.99. The van der Waals surface area contributed by atoms with Gasteiger partial charge in [0.2, 0.25) is 0 Å². The molecule has 39 heavy (non-hydrogen) atoms. The molecule has 0 aliphatic carbocycles. The fraction of sp³-hybridized carbons (Fsp3) is 0.152. The van der Waals surface area contributed by atoms with Gasteiger partial charge < -0.3 is 14.7 Å². The van der Waals surface area contributed by atoms with Gasteiger partial charge in [0.25, 0.3) is 5.91 Å². The minimum atomic E-state index is -0.500. The lowest BCUT2D eigenvalue weighted by Gasteiger charge is -2.23. The van der Waals surface area contributed by atoms with Crippen molar-refractivity contribution < 1.29 is 19.0 Å². The Kier molecular flexibility index (Phi) is 7.55. The van der Waals surface area contributed by atoms with Crippen LogP contribution < -0.4 is 4.74 Å². The number of phenolic OH excluding ortho intramolecular Hbond substituents is 1. The molecule has 0 saturated heterocycles. The number of nitrogens with zero attached hydrogens (tertiary/aromatic N) is 2. The number of hydrogen-bond donors (Lipinski definition) is 1. The molecule has 2 heterocycles. The van der Waals surface area contributed by atoms with E-state index in [0.717, 1.165) is 16.7 Å². The van der Waals surface area contributed by atoms with Crippen LogP contribution in [0.25, 0.3) is 10.9 Å². The van der Waals surface area contributed by atoms with E-state index < -0.39 is 6.10 Å². The van der Waals surface area contributed by atoms with Gasteiger partial charge in [-0.05, 0) is 41.0 Å². The Morgan fingerprint density at radius 1 is 0.897 bits per heavy atom. The maximum absolute atomic E-state index is 13.8. The molecule has 6 rings (SSSR count). The molecule has 1 aliphatic rings. The van der Waals surface area contributed by atoms with E-state index in [9.17, 15) is 14.3 Å². The van der Waals surface area contributed by atoms with E-state index >= 15 is 0 Å². The third-order valence-electron chi connectivity index (χ3n) is 6.67. The van der Waals surface area contributed by atoms with E-state index in [-0.39, 0.29) is 30.6 Å². The molecule has 1 amide bonds. The van der Waals surface area contributed by atoms with Crippen molar-refractivity contribution in [3.05, 3.63) is 137 Å². The molecular weight excluding hydrogens is 491 g/mol. The van der Waals surface area contributed by atoms with Gasteiger partial charge in [-0.15, -0.1) is 0 Å². The average Bonchev–Trinajstić information content (AvgIpc) is 3.32. The van der Waals surface area contributed by atoms with E-state index in [0.29, 0.717) is 27.8 Å². The van der Waals surface area contributed by atoms with Crippen molar-refractivity contribution in [3.8, 4) is 11.5 Å². The van der Waals surface area contributed by atoms with Gasteiger partial charge in [0, 0.05) is 23.7 Å². The fourth-order valence-corrected chi connectivity index (χ4v) is 4.87. The van der Waals surface area contributed by atoms with E-state index in [2.05, 4.69) is 4.98 Å². The van der Waals surface area contributed by atoms with Gasteiger partial charge in [0.05, 0.1) is 12.1 Å². The van der Waals surface area contributed by atoms with Crippen molar-refractivity contribution in [3.63, 3.8) is 0 Å². The van der Waals surface area contributed by atoms with E-state index in [1.165, 1.54) is 12.1 Å². The first kappa shape index (κ1) is 25.9. The number of carbonyl (C=O) groups excluding carboxylic acids is 1. The molecule has 4 aromatic carbocycles. The second-order valence-corrected chi connectivity index (χ2v) is 9.04. The standard InChI is InChI=1S/C31H23FN2O3.C2H6/c32-23-15-13-20(14-16-23)18-34-19-25-26(31(34)36)30(27-24(28(25)35)12-7-17-33-27)37-29(21-8-3-1-4-9-21)22-10-5-2-6-11-22;1-2/h1-17,29,35H,18-19H2;1-2H3. The van der Waals surface area contributed by atoms with E-state index in [1.54, 1.807) is 35.4 Å². The summed E-state index contributed by atoms with van der Waals surface area (Å²) >= 11 is 0. The first-order valence-corrected chi connectivity index (χ1v) is 13.0. The van der Waals surface area contributed by atoms with Crippen LogP contribution in [0.1, 0.15) is 52.6 Å². The summed E-state index contributed by atoms with van der Waals surface area (Å²) in [4.78, 5) is 19.9. The summed E-state index contributed by atoms with van der Waals surface area (Å²) in [7, 11) is 0. The van der Waals surface area contributed by atoms with Gasteiger partial charge in [-0.3, -0.25) is 9.78 Å². The number of pyridine rings is 1. The summed E-state index contributed by atoms with van der Waals surface area (Å²) in [6, 6.07) is 29.2. The maximum atomic E-state index is 13.8. The zero-order valence-corrected chi connectivity index (χ0v) is 21.8.